The van der Waals surface area contributed by atoms with Crippen LogP contribution in [0.25, 0.3) is 0 Å². The molecule has 0 aromatic heterocycles. The van der Waals surface area contributed by atoms with Gasteiger partial charge < -0.3 is 0 Å². The second-order valence-electron chi connectivity index (χ2n) is 4.20. The van der Waals surface area contributed by atoms with Crippen molar-refractivity contribution in [2.75, 3.05) is 26.4 Å². The van der Waals surface area contributed by atoms with E-state index in [1.165, 1.54) is 7.22 Å². The molecule has 4 nitrogen and oxygen atoms in total. The Kier molecular flexibility index (Phi) is 8.41. The van der Waals surface area contributed by atoms with Crippen LogP contribution in [0, 0.1) is 0 Å². The van der Waals surface area contributed by atoms with Crippen molar-refractivity contribution in [3.8, 4) is 11.5 Å². The molecule has 0 aliphatic heterocycles. The first-order valence-electron chi connectivity index (χ1n) is 6.85. The van der Waals surface area contributed by atoms with E-state index in [-0.39, 0.29) is 47.3 Å². The third-order valence-electron chi connectivity index (χ3n) is 2.62. The van der Waals surface area contributed by atoms with Crippen molar-refractivity contribution in [2.45, 2.75) is 0 Å². The Morgan fingerprint density at radius 1 is 0.682 bits per heavy atom. The van der Waals surface area contributed by atoms with E-state index in [4.69, 9.17) is 19.7 Å². The number of aliphatic hydroxyl groups is 2. The molecule has 0 saturated carbocycles. The third kappa shape index (κ3) is 5.63. The van der Waals surface area contributed by atoms with Crippen LogP contribution < -0.4 is 16.7 Å². The van der Waals surface area contributed by atoms with Crippen molar-refractivity contribution in [2.24, 2.45) is 0 Å². The molecule has 6 heteroatoms. The molecule has 0 saturated heterocycles. The molecule has 2 aromatic rings. The van der Waals surface area contributed by atoms with Crippen molar-refractivity contribution < 1.29 is 19.7 Å². The van der Waals surface area contributed by atoms with Crippen molar-refractivity contribution in [3.05, 3.63) is 48.5 Å². The van der Waals surface area contributed by atoms with Crippen LogP contribution in [0.2, 0.25) is 0 Å². The van der Waals surface area contributed by atoms with Gasteiger partial charge in [-0.2, -0.15) is 0 Å². The number of ether oxygens (including phenoxy) is 2. The van der Waals surface area contributed by atoms with Crippen LogP contribution >= 0.6 is 0 Å². The zero-order valence-electron chi connectivity index (χ0n) is 12.0. The molecular formula is C16H18O4Te2. The Bertz CT molecular complexity index is 526. The van der Waals surface area contributed by atoms with Gasteiger partial charge in [0.2, 0.25) is 0 Å². The van der Waals surface area contributed by atoms with Gasteiger partial charge in [-0.25, -0.2) is 0 Å². The number of benzene rings is 2. The number of rotatable bonds is 9. The van der Waals surface area contributed by atoms with E-state index in [2.05, 4.69) is 12.1 Å². The van der Waals surface area contributed by atoms with Crippen LogP contribution in [-0.2, 0) is 0 Å². The van der Waals surface area contributed by atoms with Gasteiger partial charge in [0.05, 0.1) is 0 Å². The summed E-state index contributed by atoms with van der Waals surface area (Å²) < 4.78 is 13.8. The number of aliphatic hydroxyl groups excluding tert-OH is 2. The first-order chi connectivity index (χ1) is 10.8. The average Bonchev–Trinajstić information content (AvgIpc) is 2.57. The van der Waals surface area contributed by atoms with Gasteiger partial charge in [-0.15, -0.1) is 0 Å². The summed E-state index contributed by atoms with van der Waals surface area (Å²) in [5, 5.41) is 17.8. The summed E-state index contributed by atoms with van der Waals surface area (Å²) in [4.78, 5) is 0. The van der Waals surface area contributed by atoms with Gasteiger partial charge in [0, 0.05) is 0 Å². The molecule has 0 aliphatic carbocycles. The Labute approximate surface area is 146 Å². The fourth-order valence-electron chi connectivity index (χ4n) is 1.68. The van der Waals surface area contributed by atoms with Gasteiger partial charge in [0.15, 0.2) is 0 Å². The molecule has 0 atom stereocenters. The normalized spacial score (nSPS) is 10.5. The van der Waals surface area contributed by atoms with Gasteiger partial charge in [0.1, 0.15) is 0 Å². The van der Waals surface area contributed by atoms with Crippen LogP contribution in [0.5, 0.6) is 11.5 Å². The topological polar surface area (TPSA) is 58.9 Å². The standard InChI is InChI=1S/C16H18O4Te2/c17-9-11-19-13-5-1-3-7-15(13)21-22-16-8-4-2-6-14(16)20-12-10-18/h1-8,17-18H,9-12H2. The summed E-state index contributed by atoms with van der Waals surface area (Å²) in [5.74, 6) is 1.80. The monoisotopic (exact) mass is 534 g/mol. The van der Waals surface area contributed by atoms with E-state index < -0.39 is 0 Å². The van der Waals surface area contributed by atoms with Crippen LogP contribution in [0.1, 0.15) is 0 Å². The molecule has 2 rings (SSSR count). The van der Waals surface area contributed by atoms with Gasteiger partial charge in [-0.05, 0) is 0 Å². The number of hydrogen-bond acceptors (Lipinski definition) is 4. The fourth-order valence-corrected chi connectivity index (χ4v) is 12.9. The van der Waals surface area contributed by atoms with Crippen LogP contribution in [0.4, 0.5) is 0 Å². The minimum atomic E-state index is -0.342. The first-order valence-corrected chi connectivity index (χ1v) is 16.5. The summed E-state index contributed by atoms with van der Waals surface area (Å²) in [6.07, 6.45) is 0. The quantitative estimate of drug-likeness (QED) is 0.439. The molecule has 0 amide bonds. The molecule has 2 aromatic carbocycles. The summed E-state index contributed by atoms with van der Waals surface area (Å²) in [6.45, 7) is 0.730. The Balaban J connectivity index is 2.04. The van der Waals surface area contributed by atoms with Gasteiger partial charge in [-0.3, -0.25) is 0 Å². The second kappa shape index (κ2) is 10.3. The molecule has 118 valence electrons. The molecular weight excluding hydrogens is 511 g/mol. The van der Waals surface area contributed by atoms with E-state index in [0.717, 1.165) is 11.5 Å². The van der Waals surface area contributed by atoms with Crippen molar-refractivity contribution in [1.29, 1.82) is 0 Å². The molecule has 0 heterocycles. The Morgan fingerprint density at radius 2 is 1.09 bits per heavy atom. The fraction of sp³-hybridized carbons (Fsp3) is 0.250. The van der Waals surface area contributed by atoms with E-state index in [1.807, 2.05) is 36.4 Å². The SMILES string of the molecule is OCCOc1ccccc1[Te][Te]c1ccccc1OCCO. The number of hydrogen-bond donors (Lipinski definition) is 2. The molecule has 0 aliphatic rings. The summed E-state index contributed by atoms with van der Waals surface area (Å²) in [7, 11) is 0. The minimum absolute atomic E-state index is 0.0312. The summed E-state index contributed by atoms with van der Waals surface area (Å²) >= 11 is -0.684. The van der Waals surface area contributed by atoms with Gasteiger partial charge in [0.25, 0.3) is 0 Å². The molecule has 0 unspecified atom stereocenters. The van der Waals surface area contributed by atoms with Crippen LogP contribution in [0.3, 0.4) is 0 Å². The maximum absolute atomic E-state index is 8.90. The van der Waals surface area contributed by atoms with Crippen molar-refractivity contribution in [1.82, 2.24) is 0 Å². The summed E-state index contributed by atoms with van der Waals surface area (Å²) in [5.41, 5.74) is 0. The molecule has 2 N–H and O–H groups in total. The van der Waals surface area contributed by atoms with E-state index in [1.54, 1.807) is 0 Å². The zero-order valence-corrected chi connectivity index (χ0v) is 16.6. The van der Waals surface area contributed by atoms with E-state index in [9.17, 15) is 0 Å². The van der Waals surface area contributed by atoms with Gasteiger partial charge >= 0.3 is 147 Å². The van der Waals surface area contributed by atoms with Crippen LogP contribution in [-0.4, -0.2) is 70.8 Å². The summed E-state index contributed by atoms with van der Waals surface area (Å²) in [6, 6.07) is 16.2. The zero-order chi connectivity index (χ0) is 15.6. The first kappa shape index (κ1) is 17.9. The second-order valence-corrected chi connectivity index (χ2v) is 14.0. The van der Waals surface area contributed by atoms with Gasteiger partial charge in [-0.1, -0.05) is 0 Å². The number of para-hydroxylation sites is 2. The predicted octanol–water partition coefficient (Wildman–Crippen LogP) is -0.297. The molecule has 0 bridgehead atoms. The third-order valence-corrected chi connectivity index (χ3v) is 14.3. The molecule has 0 spiro atoms. The molecule has 22 heavy (non-hydrogen) atoms. The molecule has 0 radical (unpaired) electrons. The predicted molar refractivity (Wildman–Crippen MR) is 88.8 cm³/mol. The average molecular weight is 530 g/mol. The Hall–Kier alpha value is -0.461. The van der Waals surface area contributed by atoms with Crippen LogP contribution in [0.15, 0.2) is 48.5 Å². The Morgan fingerprint density at radius 3 is 1.50 bits per heavy atom. The molecule has 0 fully saturated rings. The van der Waals surface area contributed by atoms with Crippen molar-refractivity contribution >= 4 is 41.3 Å². The maximum atomic E-state index is 8.90. The van der Waals surface area contributed by atoms with E-state index in [0.29, 0.717) is 13.2 Å². The van der Waals surface area contributed by atoms with E-state index >= 15 is 0 Å². The van der Waals surface area contributed by atoms with Crippen molar-refractivity contribution in [3.63, 3.8) is 0 Å².